The van der Waals surface area contributed by atoms with Gasteiger partial charge in [0.2, 0.25) is 10.0 Å². The summed E-state index contributed by atoms with van der Waals surface area (Å²) in [5.74, 6) is -0.296. The number of sulfonamides is 1. The molecule has 1 saturated heterocycles. The number of hydrogen-bond donors (Lipinski definition) is 1. The summed E-state index contributed by atoms with van der Waals surface area (Å²) in [5, 5.41) is 3.26. The van der Waals surface area contributed by atoms with Gasteiger partial charge in [0.15, 0.2) is 0 Å². The molecule has 1 aliphatic heterocycles. The van der Waals surface area contributed by atoms with Gasteiger partial charge in [0.25, 0.3) is 5.91 Å². The molecule has 7 nitrogen and oxygen atoms in total. The van der Waals surface area contributed by atoms with Gasteiger partial charge in [-0.15, -0.1) is 0 Å². The first kappa shape index (κ1) is 20.9. The minimum atomic E-state index is -3.81. The second-order valence-corrected chi connectivity index (χ2v) is 8.71. The fourth-order valence-electron chi connectivity index (χ4n) is 2.75. The van der Waals surface area contributed by atoms with Gasteiger partial charge in [-0.05, 0) is 36.4 Å². The van der Waals surface area contributed by atoms with Crippen LogP contribution in [0.15, 0.2) is 41.3 Å². The predicted molar refractivity (Wildman–Crippen MR) is 107 cm³/mol. The number of nitrogens with one attached hydrogen (secondary N) is 1. The fraction of sp³-hybridized carbons (Fsp3) is 0.278. The summed E-state index contributed by atoms with van der Waals surface area (Å²) < 4.78 is 37.8. The van der Waals surface area contributed by atoms with Gasteiger partial charge in [-0.1, -0.05) is 23.2 Å². The van der Waals surface area contributed by atoms with Gasteiger partial charge in [0.05, 0.1) is 30.9 Å². The highest BCUT2D eigenvalue weighted by Crippen LogP contribution is 2.31. The van der Waals surface area contributed by atoms with Crippen molar-refractivity contribution in [1.82, 2.24) is 4.31 Å². The van der Waals surface area contributed by atoms with Crippen LogP contribution in [0.3, 0.4) is 0 Å². The lowest BCUT2D eigenvalue weighted by Crippen LogP contribution is -2.40. The van der Waals surface area contributed by atoms with E-state index < -0.39 is 15.9 Å². The number of methoxy groups -OCH3 is 1. The molecule has 1 aliphatic rings. The maximum atomic E-state index is 13.0. The van der Waals surface area contributed by atoms with Crippen LogP contribution in [-0.2, 0) is 14.8 Å². The molecule has 2 aromatic rings. The summed E-state index contributed by atoms with van der Waals surface area (Å²) in [6.45, 7) is 1.16. The van der Waals surface area contributed by atoms with Crippen LogP contribution in [0.4, 0.5) is 5.69 Å². The van der Waals surface area contributed by atoms with Gasteiger partial charge in [-0.3, -0.25) is 4.79 Å². The number of rotatable bonds is 5. The molecule has 1 fully saturated rings. The maximum absolute atomic E-state index is 13.0. The summed E-state index contributed by atoms with van der Waals surface area (Å²) >= 11 is 11.9. The zero-order valence-corrected chi connectivity index (χ0v) is 17.3. The van der Waals surface area contributed by atoms with Crippen LogP contribution in [-0.4, -0.2) is 52.0 Å². The van der Waals surface area contributed by atoms with E-state index in [1.165, 1.54) is 35.7 Å². The smallest absolute Gasteiger partial charge is 0.257 e. The third kappa shape index (κ3) is 4.42. The lowest BCUT2D eigenvalue weighted by molar-refractivity contribution is 0.0729. The first-order valence-corrected chi connectivity index (χ1v) is 10.5. The molecule has 1 heterocycles. The monoisotopic (exact) mass is 444 g/mol. The first-order valence-electron chi connectivity index (χ1n) is 8.35. The molecule has 0 aliphatic carbocycles. The molecule has 2 aromatic carbocycles. The maximum Gasteiger partial charge on any atom is 0.257 e. The number of ether oxygens (including phenoxy) is 2. The van der Waals surface area contributed by atoms with Gasteiger partial charge in [0, 0.05) is 23.8 Å². The van der Waals surface area contributed by atoms with Crippen molar-refractivity contribution in [2.45, 2.75) is 4.90 Å². The molecule has 0 atom stereocenters. The second kappa shape index (κ2) is 8.67. The molecule has 1 N–H and O–H groups in total. The Hall–Kier alpha value is -1.84. The van der Waals surface area contributed by atoms with Crippen molar-refractivity contribution < 1.29 is 22.7 Å². The van der Waals surface area contributed by atoms with Gasteiger partial charge < -0.3 is 14.8 Å². The molecule has 0 radical (unpaired) electrons. The van der Waals surface area contributed by atoms with E-state index in [4.69, 9.17) is 32.7 Å². The average Bonchev–Trinajstić information content (AvgIpc) is 2.68. The van der Waals surface area contributed by atoms with Crippen LogP contribution >= 0.6 is 23.2 Å². The van der Waals surface area contributed by atoms with E-state index in [-0.39, 0.29) is 34.3 Å². The molecule has 0 aromatic heterocycles. The number of carbonyl (C=O) groups is 1. The lowest BCUT2D eigenvalue weighted by Gasteiger charge is -2.26. The van der Waals surface area contributed by atoms with Crippen molar-refractivity contribution in [3.8, 4) is 5.75 Å². The first-order chi connectivity index (χ1) is 13.3. The lowest BCUT2D eigenvalue weighted by atomic mass is 10.2. The van der Waals surface area contributed by atoms with Crippen LogP contribution in [0.1, 0.15) is 10.4 Å². The summed E-state index contributed by atoms with van der Waals surface area (Å²) in [7, 11) is -2.42. The van der Waals surface area contributed by atoms with Crippen molar-refractivity contribution in [2.75, 3.05) is 38.7 Å². The van der Waals surface area contributed by atoms with Crippen molar-refractivity contribution in [3.63, 3.8) is 0 Å². The Bertz CT molecular complexity index is 991. The predicted octanol–water partition coefficient (Wildman–Crippen LogP) is 3.28. The van der Waals surface area contributed by atoms with E-state index in [0.717, 1.165) is 0 Å². The number of carbonyl (C=O) groups excluding carboxylic acids is 1. The number of amides is 1. The largest absolute Gasteiger partial charge is 0.495 e. The number of morpholine rings is 1. The third-order valence-electron chi connectivity index (χ3n) is 4.19. The summed E-state index contributed by atoms with van der Waals surface area (Å²) in [4.78, 5) is 12.5. The SMILES string of the molecule is COc1ccc(NC(=O)c2ccc(Cl)cc2Cl)cc1S(=O)(=O)N1CCOCC1. The summed E-state index contributed by atoms with van der Waals surface area (Å²) in [5.41, 5.74) is 0.517. The van der Waals surface area contributed by atoms with Gasteiger partial charge >= 0.3 is 0 Å². The van der Waals surface area contributed by atoms with E-state index in [0.29, 0.717) is 23.9 Å². The minimum Gasteiger partial charge on any atom is -0.495 e. The van der Waals surface area contributed by atoms with Crippen LogP contribution < -0.4 is 10.1 Å². The van der Waals surface area contributed by atoms with E-state index in [1.54, 1.807) is 12.1 Å². The third-order valence-corrected chi connectivity index (χ3v) is 6.65. The molecular formula is C18H18Cl2N2O5S. The van der Waals surface area contributed by atoms with Crippen LogP contribution in [0.5, 0.6) is 5.75 Å². The molecule has 150 valence electrons. The fourth-order valence-corrected chi connectivity index (χ4v) is 4.84. The van der Waals surface area contributed by atoms with Crippen molar-refractivity contribution in [3.05, 3.63) is 52.0 Å². The molecule has 0 saturated carbocycles. The number of anilines is 1. The molecule has 0 bridgehead atoms. The number of hydrogen-bond acceptors (Lipinski definition) is 5. The summed E-state index contributed by atoms with van der Waals surface area (Å²) in [6, 6.07) is 8.91. The minimum absolute atomic E-state index is 0.0306. The Morgan fingerprint density at radius 1 is 1.14 bits per heavy atom. The topological polar surface area (TPSA) is 84.9 Å². The summed E-state index contributed by atoms with van der Waals surface area (Å²) in [6.07, 6.45) is 0. The van der Waals surface area contributed by atoms with E-state index in [9.17, 15) is 13.2 Å². The quantitative estimate of drug-likeness (QED) is 0.764. The van der Waals surface area contributed by atoms with Gasteiger partial charge in [-0.2, -0.15) is 4.31 Å². The Kier molecular flexibility index (Phi) is 6.47. The number of benzene rings is 2. The zero-order valence-electron chi connectivity index (χ0n) is 14.9. The highest BCUT2D eigenvalue weighted by Gasteiger charge is 2.29. The second-order valence-electron chi connectivity index (χ2n) is 5.96. The molecule has 3 rings (SSSR count). The van der Waals surface area contributed by atoms with Crippen LogP contribution in [0, 0.1) is 0 Å². The van der Waals surface area contributed by atoms with Crippen molar-refractivity contribution in [2.24, 2.45) is 0 Å². The Morgan fingerprint density at radius 2 is 1.86 bits per heavy atom. The number of nitrogens with zero attached hydrogens (tertiary/aromatic N) is 1. The van der Waals surface area contributed by atoms with E-state index >= 15 is 0 Å². The highest BCUT2D eigenvalue weighted by atomic mass is 35.5. The molecular weight excluding hydrogens is 427 g/mol. The molecule has 1 amide bonds. The van der Waals surface area contributed by atoms with Crippen LogP contribution in [0.2, 0.25) is 10.0 Å². The zero-order chi connectivity index (χ0) is 20.3. The standard InChI is InChI=1S/C18H18Cl2N2O5S/c1-26-16-5-3-13(21-18(23)14-4-2-12(19)10-15(14)20)11-17(16)28(24,25)22-6-8-27-9-7-22/h2-5,10-11H,6-9H2,1H3,(H,21,23). The molecule has 0 spiro atoms. The van der Waals surface area contributed by atoms with Crippen molar-refractivity contribution in [1.29, 1.82) is 0 Å². The molecule has 0 unspecified atom stereocenters. The van der Waals surface area contributed by atoms with Crippen LogP contribution in [0.25, 0.3) is 0 Å². The Morgan fingerprint density at radius 3 is 2.50 bits per heavy atom. The number of halogens is 2. The average molecular weight is 445 g/mol. The highest BCUT2D eigenvalue weighted by molar-refractivity contribution is 7.89. The molecule has 10 heteroatoms. The van der Waals surface area contributed by atoms with Gasteiger partial charge in [-0.25, -0.2) is 8.42 Å². The normalized spacial score (nSPS) is 15.2. The Balaban J connectivity index is 1.91. The van der Waals surface area contributed by atoms with E-state index in [1.807, 2.05) is 0 Å². The van der Waals surface area contributed by atoms with Gasteiger partial charge in [0.1, 0.15) is 10.6 Å². The Labute approximate surface area is 173 Å². The van der Waals surface area contributed by atoms with Crippen molar-refractivity contribution >= 4 is 44.8 Å². The van der Waals surface area contributed by atoms with E-state index in [2.05, 4.69) is 5.32 Å². The molecule has 28 heavy (non-hydrogen) atoms.